The summed E-state index contributed by atoms with van der Waals surface area (Å²) in [5, 5.41) is 6.70. The van der Waals surface area contributed by atoms with E-state index in [4.69, 9.17) is 14.2 Å². The summed E-state index contributed by atoms with van der Waals surface area (Å²) in [4.78, 5) is 4.29. The molecular formula is C21H33N3O3. The first-order valence-corrected chi connectivity index (χ1v) is 10.2. The highest BCUT2D eigenvalue weighted by atomic mass is 16.5. The molecule has 1 aromatic carbocycles. The first-order valence-electron chi connectivity index (χ1n) is 10.2. The van der Waals surface area contributed by atoms with Gasteiger partial charge in [-0.15, -0.1) is 0 Å². The third-order valence-corrected chi connectivity index (χ3v) is 4.90. The number of rotatable bonds is 11. The molecule has 1 atom stereocenters. The third kappa shape index (κ3) is 7.39. The molecule has 6 heteroatoms. The van der Waals surface area contributed by atoms with E-state index in [1.54, 1.807) is 7.05 Å². The van der Waals surface area contributed by atoms with E-state index in [1.165, 1.54) is 12.8 Å². The van der Waals surface area contributed by atoms with E-state index < -0.39 is 0 Å². The fourth-order valence-electron chi connectivity index (χ4n) is 3.05. The quantitative estimate of drug-likeness (QED) is 0.354. The summed E-state index contributed by atoms with van der Waals surface area (Å²) >= 11 is 0. The Balaban J connectivity index is 1.30. The van der Waals surface area contributed by atoms with Crippen LogP contribution in [0.15, 0.2) is 29.3 Å². The summed E-state index contributed by atoms with van der Waals surface area (Å²) in [7, 11) is 1.79. The minimum Gasteiger partial charge on any atom is -0.493 e. The van der Waals surface area contributed by atoms with Gasteiger partial charge in [0.25, 0.3) is 0 Å². The Morgan fingerprint density at radius 1 is 1.19 bits per heavy atom. The average Bonchev–Trinajstić information content (AvgIpc) is 3.39. The Kier molecular flexibility index (Phi) is 8.24. The summed E-state index contributed by atoms with van der Waals surface area (Å²) in [6.07, 6.45) is 6.12. The van der Waals surface area contributed by atoms with Gasteiger partial charge < -0.3 is 24.8 Å². The first-order chi connectivity index (χ1) is 13.3. The Bertz CT molecular complexity index is 584. The van der Waals surface area contributed by atoms with Crippen molar-refractivity contribution in [3.05, 3.63) is 29.8 Å². The van der Waals surface area contributed by atoms with Crippen LogP contribution in [-0.2, 0) is 16.0 Å². The van der Waals surface area contributed by atoms with E-state index in [0.29, 0.717) is 19.3 Å². The molecule has 0 spiro atoms. The van der Waals surface area contributed by atoms with E-state index >= 15 is 0 Å². The van der Waals surface area contributed by atoms with Crippen molar-refractivity contribution >= 4 is 5.96 Å². The molecule has 1 aromatic rings. The number of ether oxygens (including phenoxy) is 3. The molecule has 0 radical (unpaired) electrons. The maximum atomic E-state index is 5.97. The molecule has 1 unspecified atom stereocenters. The normalized spacial score (nSPS) is 19.9. The standard InChI is InChI=1S/C21H33N3O3/c1-22-21(23-11-5-12-25-16-19-7-4-13-26-19)24-14-18-6-2-3-8-20(18)27-15-17-9-10-17/h2-3,6,8,17,19H,4-5,7,9-16H2,1H3,(H2,22,23,24). The molecule has 150 valence electrons. The second-order valence-electron chi connectivity index (χ2n) is 7.28. The number of benzene rings is 1. The number of aliphatic imine (C=N–C) groups is 1. The lowest BCUT2D eigenvalue weighted by Crippen LogP contribution is -2.37. The van der Waals surface area contributed by atoms with Crippen molar-refractivity contribution < 1.29 is 14.2 Å². The smallest absolute Gasteiger partial charge is 0.191 e. The van der Waals surface area contributed by atoms with Gasteiger partial charge in [-0.25, -0.2) is 0 Å². The topological polar surface area (TPSA) is 64.1 Å². The minimum atomic E-state index is 0.301. The highest BCUT2D eigenvalue weighted by Crippen LogP contribution is 2.30. The second kappa shape index (κ2) is 11.1. The molecule has 2 aliphatic rings. The van der Waals surface area contributed by atoms with Gasteiger partial charge >= 0.3 is 0 Å². The molecule has 0 bridgehead atoms. The summed E-state index contributed by atoms with van der Waals surface area (Å²) in [5.74, 6) is 2.52. The highest BCUT2D eigenvalue weighted by Gasteiger charge is 2.22. The monoisotopic (exact) mass is 375 g/mol. The molecule has 1 aliphatic carbocycles. The fraction of sp³-hybridized carbons (Fsp3) is 0.667. The number of para-hydroxylation sites is 1. The van der Waals surface area contributed by atoms with Gasteiger partial charge in [-0.2, -0.15) is 0 Å². The van der Waals surface area contributed by atoms with Crippen LogP contribution in [0.4, 0.5) is 0 Å². The van der Waals surface area contributed by atoms with Gasteiger partial charge in [0, 0.05) is 38.9 Å². The fourth-order valence-corrected chi connectivity index (χ4v) is 3.05. The van der Waals surface area contributed by atoms with Crippen LogP contribution in [0.25, 0.3) is 0 Å². The van der Waals surface area contributed by atoms with Crippen LogP contribution < -0.4 is 15.4 Å². The predicted molar refractivity (Wildman–Crippen MR) is 107 cm³/mol. The number of guanidine groups is 1. The Morgan fingerprint density at radius 2 is 2.07 bits per heavy atom. The molecular weight excluding hydrogens is 342 g/mol. The van der Waals surface area contributed by atoms with E-state index in [0.717, 1.165) is 68.8 Å². The number of nitrogens with zero attached hydrogens (tertiary/aromatic N) is 1. The summed E-state index contributed by atoms with van der Waals surface area (Å²) in [5.41, 5.74) is 1.15. The molecule has 0 amide bonds. The zero-order chi connectivity index (χ0) is 18.7. The zero-order valence-electron chi connectivity index (χ0n) is 16.4. The van der Waals surface area contributed by atoms with E-state index in [-0.39, 0.29) is 0 Å². The van der Waals surface area contributed by atoms with E-state index in [2.05, 4.69) is 21.7 Å². The maximum absolute atomic E-state index is 5.97. The second-order valence-corrected chi connectivity index (χ2v) is 7.28. The van der Waals surface area contributed by atoms with Gasteiger partial charge in [-0.05, 0) is 44.1 Å². The van der Waals surface area contributed by atoms with Crippen LogP contribution >= 0.6 is 0 Å². The van der Waals surface area contributed by atoms with Gasteiger partial charge in [-0.3, -0.25) is 4.99 Å². The van der Waals surface area contributed by atoms with Crippen molar-refractivity contribution in [3.63, 3.8) is 0 Å². The van der Waals surface area contributed by atoms with Crippen LogP contribution in [-0.4, -0.2) is 52.1 Å². The summed E-state index contributed by atoms with van der Waals surface area (Å²) in [6, 6.07) is 8.21. The molecule has 1 heterocycles. The van der Waals surface area contributed by atoms with Crippen molar-refractivity contribution in [3.8, 4) is 5.75 Å². The SMILES string of the molecule is CN=C(NCCCOCC1CCCO1)NCc1ccccc1OCC1CC1. The van der Waals surface area contributed by atoms with Gasteiger partial charge in [0.05, 0.1) is 19.3 Å². The molecule has 3 rings (SSSR count). The first kappa shape index (κ1) is 20.0. The van der Waals surface area contributed by atoms with Crippen molar-refractivity contribution in [1.82, 2.24) is 10.6 Å². The molecule has 1 saturated heterocycles. The van der Waals surface area contributed by atoms with Gasteiger partial charge in [0.1, 0.15) is 5.75 Å². The molecule has 1 aliphatic heterocycles. The number of nitrogens with one attached hydrogen (secondary N) is 2. The minimum absolute atomic E-state index is 0.301. The maximum Gasteiger partial charge on any atom is 0.191 e. The predicted octanol–water partition coefficient (Wildman–Crippen LogP) is 2.73. The van der Waals surface area contributed by atoms with Crippen LogP contribution in [0.1, 0.15) is 37.7 Å². The average molecular weight is 376 g/mol. The number of hydrogen-bond acceptors (Lipinski definition) is 4. The van der Waals surface area contributed by atoms with Gasteiger partial charge in [-0.1, -0.05) is 18.2 Å². The molecule has 2 fully saturated rings. The van der Waals surface area contributed by atoms with Crippen molar-refractivity contribution in [1.29, 1.82) is 0 Å². The number of hydrogen-bond donors (Lipinski definition) is 2. The van der Waals surface area contributed by atoms with Crippen LogP contribution in [0.3, 0.4) is 0 Å². The van der Waals surface area contributed by atoms with Crippen molar-refractivity contribution in [2.75, 3.05) is 40.0 Å². The zero-order valence-corrected chi connectivity index (χ0v) is 16.4. The third-order valence-electron chi connectivity index (χ3n) is 4.90. The molecule has 27 heavy (non-hydrogen) atoms. The van der Waals surface area contributed by atoms with E-state index in [1.807, 2.05) is 18.2 Å². The van der Waals surface area contributed by atoms with E-state index in [9.17, 15) is 0 Å². The molecule has 1 saturated carbocycles. The van der Waals surface area contributed by atoms with Gasteiger partial charge in [0.2, 0.25) is 0 Å². The lowest BCUT2D eigenvalue weighted by Gasteiger charge is -2.15. The molecule has 0 aromatic heterocycles. The Morgan fingerprint density at radius 3 is 2.85 bits per heavy atom. The Labute approximate surface area is 162 Å². The largest absolute Gasteiger partial charge is 0.493 e. The van der Waals surface area contributed by atoms with Crippen molar-refractivity contribution in [2.24, 2.45) is 10.9 Å². The lowest BCUT2D eigenvalue weighted by atomic mass is 10.2. The summed E-state index contributed by atoms with van der Waals surface area (Å²) < 4.78 is 17.2. The Hall–Kier alpha value is -1.79. The van der Waals surface area contributed by atoms with Gasteiger partial charge in [0.15, 0.2) is 5.96 Å². The lowest BCUT2D eigenvalue weighted by molar-refractivity contribution is 0.0168. The van der Waals surface area contributed by atoms with Crippen molar-refractivity contribution in [2.45, 2.75) is 44.8 Å². The van der Waals surface area contributed by atoms with Crippen LogP contribution in [0.2, 0.25) is 0 Å². The van der Waals surface area contributed by atoms with Crippen LogP contribution in [0, 0.1) is 5.92 Å². The highest BCUT2D eigenvalue weighted by molar-refractivity contribution is 5.79. The summed E-state index contributed by atoms with van der Waals surface area (Å²) in [6.45, 7) is 4.68. The molecule has 6 nitrogen and oxygen atoms in total. The molecule has 2 N–H and O–H groups in total. The van der Waals surface area contributed by atoms with Crippen LogP contribution in [0.5, 0.6) is 5.75 Å².